The van der Waals surface area contributed by atoms with Gasteiger partial charge in [-0.25, -0.2) is 15.0 Å². The van der Waals surface area contributed by atoms with E-state index in [1.807, 2.05) is 48.5 Å². The van der Waals surface area contributed by atoms with E-state index in [2.05, 4.69) is 140 Å². The van der Waals surface area contributed by atoms with Crippen LogP contribution < -0.4 is 0 Å². The largest absolute Gasteiger partial charge is 0.455 e. The first-order valence-electron chi connectivity index (χ1n) is 18.5. The van der Waals surface area contributed by atoms with Gasteiger partial charge in [-0.2, -0.15) is 0 Å². The molecular formula is C51H31N3O. The van der Waals surface area contributed by atoms with Crippen LogP contribution in [0.4, 0.5) is 0 Å². The molecule has 0 aliphatic heterocycles. The summed E-state index contributed by atoms with van der Waals surface area (Å²) in [5.74, 6) is 1.89. The van der Waals surface area contributed by atoms with E-state index in [1.54, 1.807) is 0 Å². The summed E-state index contributed by atoms with van der Waals surface area (Å²) >= 11 is 0. The molecule has 0 saturated carbocycles. The van der Waals surface area contributed by atoms with Crippen LogP contribution in [0.25, 0.3) is 111 Å². The molecule has 256 valence electrons. The molecule has 2 heterocycles. The predicted molar refractivity (Wildman–Crippen MR) is 227 cm³/mol. The van der Waals surface area contributed by atoms with Gasteiger partial charge < -0.3 is 4.42 Å². The summed E-state index contributed by atoms with van der Waals surface area (Å²) in [6.45, 7) is 0. The lowest BCUT2D eigenvalue weighted by atomic mass is 9.91. The lowest BCUT2D eigenvalue weighted by Gasteiger charge is -2.14. The molecular weight excluding hydrogens is 671 g/mol. The lowest BCUT2D eigenvalue weighted by molar-refractivity contribution is 0.673. The Morgan fingerprint density at radius 2 is 0.818 bits per heavy atom. The number of rotatable bonds is 5. The van der Waals surface area contributed by atoms with Gasteiger partial charge in [0.05, 0.1) is 0 Å². The maximum atomic E-state index is 6.60. The summed E-state index contributed by atoms with van der Waals surface area (Å²) in [5.41, 5.74) is 9.03. The van der Waals surface area contributed by atoms with E-state index >= 15 is 0 Å². The minimum absolute atomic E-state index is 0.623. The summed E-state index contributed by atoms with van der Waals surface area (Å²) in [4.78, 5) is 15.3. The number of aromatic nitrogens is 3. The fraction of sp³-hybridized carbons (Fsp3) is 0. The Kier molecular flexibility index (Phi) is 7.14. The van der Waals surface area contributed by atoms with Crippen LogP contribution in [-0.4, -0.2) is 15.0 Å². The fourth-order valence-electron chi connectivity index (χ4n) is 8.13. The van der Waals surface area contributed by atoms with Crippen LogP contribution >= 0.6 is 0 Å². The monoisotopic (exact) mass is 701 g/mol. The average Bonchev–Trinajstić information content (AvgIpc) is 3.66. The van der Waals surface area contributed by atoms with Crippen LogP contribution in [0, 0.1) is 0 Å². The third-order valence-corrected chi connectivity index (χ3v) is 10.7. The minimum Gasteiger partial charge on any atom is -0.455 e. The Morgan fingerprint density at radius 3 is 1.62 bits per heavy atom. The quantitative estimate of drug-likeness (QED) is 0.168. The summed E-state index contributed by atoms with van der Waals surface area (Å²) in [5, 5.41) is 9.38. The molecule has 11 aromatic rings. The minimum atomic E-state index is 0.623. The zero-order chi connectivity index (χ0) is 36.3. The zero-order valence-electron chi connectivity index (χ0n) is 29.6. The molecule has 0 radical (unpaired) electrons. The van der Waals surface area contributed by atoms with Crippen molar-refractivity contribution in [3.05, 3.63) is 188 Å². The Bertz CT molecular complexity index is 3260. The van der Waals surface area contributed by atoms with E-state index in [9.17, 15) is 0 Å². The Morgan fingerprint density at radius 1 is 0.291 bits per heavy atom. The van der Waals surface area contributed by atoms with Crippen LogP contribution in [0.2, 0.25) is 0 Å². The molecule has 0 spiro atoms. The van der Waals surface area contributed by atoms with Crippen LogP contribution in [0.15, 0.2) is 192 Å². The predicted octanol–water partition coefficient (Wildman–Crippen LogP) is 13.6. The molecule has 0 aliphatic rings. The zero-order valence-corrected chi connectivity index (χ0v) is 29.6. The van der Waals surface area contributed by atoms with Gasteiger partial charge in [-0.1, -0.05) is 164 Å². The topological polar surface area (TPSA) is 51.8 Å². The van der Waals surface area contributed by atoms with Gasteiger partial charge in [-0.05, 0) is 73.5 Å². The van der Waals surface area contributed by atoms with Crippen molar-refractivity contribution in [2.75, 3.05) is 0 Å². The van der Waals surface area contributed by atoms with Crippen molar-refractivity contribution in [2.45, 2.75) is 0 Å². The molecule has 0 N–H and O–H groups in total. The third-order valence-electron chi connectivity index (χ3n) is 10.7. The SMILES string of the molecule is c1ccc(-c2nc(-c3cccc(-c4ccc5c(c4)c4ccccc4c4ccc6c7ccccc7oc6c45)c3)nc(-c3ccccc3-c3ccccc3)n2)cc1. The normalized spacial score (nSPS) is 11.6. The number of benzene rings is 9. The number of para-hydroxylation sites is 1. The van der Waals surface area contributed by atoms with Gasteiger partial charge in [0.1, 0.15) is 11.2 Å². The number of nitrogens with zero attached hydrogens (tertiary/aromatic N) is 3. The van der Waals surface area contributed by atoms with Crippen molar-refractivity contribution >= 4 is 54.3 Å². The summed E-state index contributed by atoms with van der Waals surface area (Å²) in [7, 11) is 0. The second kappa shape index (κ2) is 12.6. The molecule has 0 fully saturated rings. The highest BCUT2D eigenvalue weighted by Gasteiger charge is 2.18. The van der Waals surface area contributed by atoms with Crippen molar-refractivity contribution in [1.29, 1.82) is 0 Å². The second-order valence-corrected chi connectivity index (χ2v) is 13.9. The molecule has 4 nitrogen and oxygen atoms in total. The Hall–Kier alpha value is -7.43. The number of hydrogen-bond donors (Lipinski definition) is 0. The maximum absolute atomic E-state index is 6.60. The highest BCUT2D eigenvalue weighted by molar-refractivity contribution is 6.32. The standard InChI is InChI=1S/C51H31N3O/c1-3-14-32(15-4-1)37-20-7-10-24-44(37)51-53-49(33-16-5-2-6-17-33)52-50(54-51)36-19-13-18-34(30-36)35-26-27-42-45(31-35)39-22-9-8-21-38(39)41-28-29-43-40-23-11-12-25-46(40)55-48(43)47(41)42/h1-31H. The molecule has 4 heteroatoms. The summed E-state index contributed by atoms with van der Waals surface area (Å²) < 4.78 is 6.60. The molecule has 0 saturated heterocycles. The van der Waals surface area contributed by atoms with Crippen molar-refractivity contribution in [1.82, 2.24) is 15.0 Å². The molecule has 55 heavy (non-hydrogen) atoms. The fourth-order valence-corrected chi connectivity index (χ4v) is 8.13. The molecule has 0 aliphatic carbocycles. The van der Waals surface area contributed by atoms with E-state index in [1.165, 1.54) is 26.9 Å². The van der Waals surface area contributed by atoms with Crippen molar-refractivity contribution in [2.24, 2.45) is 0 Å². The average molecular weight is 702 g/mol. The molecule has 0 amide bonds. The maximum Gasteiger partial charge on any atom is 0.164 e. The van der Waals surface area contributed by atoms with E-state index in [-0.39, 0.29) is 0 Å². The van der Waals surface area contributed by atoms with E-state index < -0.39 is 0 Å². The summed E-state index contributed by atoms with van der Waals surface area (Å²) in [6.07, 6.45) is 0. The van der Waals surface area contributed by atoms with Gasteiger partial charge in [0.2, 0.25) is 0 Å². The molecule has 11 rings (SSSR count). The van der Waals surface area contributed by atoms with Gasteiger partial charge in [0.25, 0.3) is 0 Å². The highest BCUT2D eigenvalue weighted by atomic mass is 16.3. The molecule has 9 aromatic carbocycles. The van der Waals surface area contributed by atoms with Gasteiger partial charge in [-0.3, -0.25) is 0 Å². The van der Waals surface area contributed by atoms with Crippen molar-refractivity contribution in [3.8, 4) is 56.4 Å². The molecule has 0 unspecified atom stereocenters. The molecule has 0 bridgehead atoms. The Labute approximate surface area is 317 Å². The van der Waals surface area contributed by atoms with Crippen molar-refractivity contribution in [3.63, 3.8) is 0 Å². The summed E-state index contributed by atoms with van der Waals surface area (Å²) in [6, 6.07) is 65.6. The Balaban J connectivity index is 1.09. The van der Waals surface area contributed by atoms with E-state index in [4.69, 9.17) is 19.4 Å². The number of hydrogen-bond acceptors (Lipinski definition) is 4. The van der Waals surface area contributed by atoms with Gasteiger partial charge in [0, 0.05) is 32.8 Å². The third kappa shape index (κ3) is 5.19. The van der Waals surface area contributed by atoms with E-state index in [0.717, 1.165) is 66.3 Å². The van der Waals surface area contributed by atoms with Gasteiger partial charge in [-0.15, -0.1) is 0 Å². The van der Waals surface area contributed by atoms with E-state index in [0.29, 0.717) is 17.5 Å². The van der Waals surface area contributed by atoms with Crippen LogP contribution in [0.1, 0.15) is 0 Å². The van der Waals surface area contributed by atoms with Gasteiger partial charge >= 0.3 is 0 Å². The van der Waals surface area contributed by atoms with Gasteiger partial charge in [0.15, 0.2) is 17.5 Å². The van der Waals surface area contributed by atoms with Crippen LogP contribution in [0.3, 0.4) is 0 Å². The second-order valence-electron chi connectivity index (χ2n) is 13.9. The smallest absolute Gasteiger partial charge is 0.164 e. The molecule has 0 atom stereocenters. The first-order valence-corrected chi connectivity index (χ1v) is 18.5. The highest BCUT2D eigenvalue weighted by Crippen LogP contribution is 2.43. The van der Waals surface area contributed by atoms with Crippen LogP contribution in [-0.2, 0) is 0 Å². The number of fused-ring (bicyclic) bond motifs is 10. The first kappa shape index (κ1) is 31.1. The number of furan rings is 1. The molecule has 2 aromatic heterocycles. The first-order chi connectivity index (χ1) is 27.3. The van der Waals surface area contributed by atoms with Crippen molar-refractivity contribution < 1.29 is 4.42 Å². The van der Waals surface area contributed by atoms with Crippen LogP contribution in [0.5, 0.6) is 0 Å². The lowest BCUT2D eigenvalue weighted by Crippen LogP contribution is -2.01.